The van der Waals surface area contributed by atoms with Gasteiger partial charge in [-0.2, -0.15) is 0 Å². The van der Waals surface area contributed by atoms with Crippen LogP contribution in [-0.4, -0.2) is 29.2 Å². The van der Waals surface area contributed by atoms with Crippen molar-refractivity contribution >= 4 is 5.95 Å². The molecule has 0 bridgehead atoms. The standard InChI is InChI=1S/C9H16N4O/c1-9(2,6-10)13-8-11-4-7(14-3)5-12-8/h4-5H,6,10H2,1-3H3,(H,11,12,13). The van der Waals surface area contributed by atoms with E-state index in [9.17, 15) is 0 Å². The Hall–Kier alpha value is -1.36. The van der Waals surface area contributed by atoms with Gasteiger partial charge in [0.25, 0.3) is 0 Å². The largest absolute Gasteiger partial charge is 0.494 e. The second-order valence-electron chi connectivity index (χ2n) is 3.66. The van der Waals surface area contributed by atoms with Crippen LogP contribution in [0, 0.1) is 0 Å². The molecule has 14 heavy (non-hydrogen) atoms. The molecule has 5 heteroatoms. The fourth-order valence-electron chi connectivity index (χ4n) is 0.840. The molecule has 5 nitrogen and oxygen atoms in total. The van der Waals surface area contributed by atoms with Crippen molar-refractivity contribution in [2.45, 2.75) is 19.4 Å². The number of hydrogen-bond donors (Lipinski definition) is 2. The first-order valence-corrected chi connectivity index (χ1v) is 4.42. The van der Waals surface area contributed by atoms with Crippen LogP contribution in [0.1, 0.15) is 13.8 Å². The summed E-state index contributed by atoms with van der Waals surface area (Å²) in [6, 6.07) is 0. The minimum atomic E-state index is -0.200. The number of anilines is 1. The van der Waals surface area contributed by atoms with Crippen molar-refractivity contribution in [3.8, 4) is 5.75 Å². The maximum atomic E-state index is 5.57. The summed E-state index contributed by atoms with van der Waals surface area (Å²) >= 11 is 0. The van der Waals surface area contributed by atoms with Crippen LogP contribution in [0.25, 0.3) is 0 Å². The molecule has 0 saturated heterocycles. The monoisotopic (exact) mass is 196 g/mol. The Labute approximate surface area is 83.7 Å². The van der Waals surface area contributed by atoms with E-state index in [1.54, 1.807) is 19.5 Å². The van der Waals surface area contributed by atoms with Gasteiger partial charge in [0, 0.05) is 12.1 Å². The zero-order chi connectivity index (χ0) is 10.6. The number of nitrogens with two attached hydrogens (primary N) is 1. The summed E-state index contributed by atoms with van der Waals surface area (Å²) in [5.41, 5.74) is 5.37. The van der Waals surface area contributed by atoms with E-state index in [4.69, 9.17) is 10.5 Å². The first-order chi connectivity index (χ1) is 6.57. The Kier molecular flexibility index (Phi) is 3.24. The van der Waals surface area contributed by atoms with Crippen LogP contribution in [0.5, 0.6) is 5.75 Å². The van der Waals surface area contributed by atoms with Gasteiger partial charge in [-0.3, -0.25) is 0 Å². The number of ether oxygens (including phenoxy) is 1. The van der Waals surface area contributed by atoms with Crippen molar-refractivity contribution in [3.05, 3.63) is 12.4 Å². The predicted octanol–water partition coefficient (Wildman–Crippen LogP) is 0.634. The van der Waals surface area contributed by atoms with Crippen LogP contribution < -0.4 is 15.8 Å². The van der Waals surface area contributed by atoms with E-state index in [1.807, 2.05) is 13.8 Å². The third-order valence-corrected chi connectivity index (χ3v) is 1.82. The van der Waals surface area contributed by atoms with E-state index in [0.29, 0.717) is 18.2 Å². The second-order valence-corrected chi connectivity index (χ2v) is 3.66. The van der Waals surface area contributed by atoms with E-state index in [1.165, 1.54) is 0 Å². The number of aromatic nitrogens is 2. The third-order valence-electron chi connectivity index (χ3n) is 1.82. The Morgan fingerprint density at radius 2 is 2.00 bits per heavy atom. The minimum Gasteiger partial charge on any atom is -0.494 e. The van der Waals surface area contributed by atoms with Crippen LogP contribution in [0.4, 0.5) is 5.95 Å². The molecule has 0 saturated carbocycles. The first-order valence-electron chi connectivity index (χ1n) is 4.42. The Balaban J connectivity index is 2.69. The van der Waals surface area contributed by atoms with E-state index >= 15 is 0 Å². The van der Waals surface area contributed by atoms with Crippen molar-refractivity contribution in [1.29, 1.82) is 0 Å². The smallest absolute Gasteiger partial charge is 0.223 e. The quantitative estimate of drug-likeness (QED) is 0.739. The predicted molar refractivity (Wildman–Crippen MR) is 55.3 cm³/mol. The molecule has 1 aromatic heterocycles. The normalized spacial score (nSPS) is 11.1. The SMILES string of the molecule is COc1cnc(NC(C)(C)CN)nc1. The summed E-state index contributed by atoms with van der Waals surface area (Å²) in [6.07, 6.45) is 3.23. The lowest BCUT2D eigenvalue weighted by molar-refractivity contribution is 0.410. The average Bonchev–Trinajstić information content (AvgIpc) is 2.19. The van der Waals surface area contributed by atoms with E-state index in [-0.39, 0.29) is 5.54 Å². The molecule has 0 aliphatic carbocycles. The highest BCUT2D eigenvalue weighted by Gasteiger charge is 2.15. The van der Waals surface area contributed by atoms with Crippen LogP contribution in [0.2, 0.25) is 0 Å². The molecule has 0 radical (unpaired) electrons. The average molecular weight is 196 g/mol. The molecule has 1 aromatic rings. The van der Waals surface area contributed by atoms with Gasteiger partial charge in [0.15, 0.2) is 5.75 Å². The topological polar surface area (TPSA) is 73.1 Å². The molecular weight excluding hydrogens is 180 g/mol. The molecule has 0 aliphatic rings. The minimum absolute atomic E-state index is 0.200. The second kappa shape index (κ2) is 4.23. The van der Waals surface area contributed by atoms with Gasteiger partial charge in [0.2, 0.25) is 5.95 Å². The summed E-state index contributed by atoms with van der Waals surface area (Å²) in [7, 11) is 1.58. The van der Waals surface area contributed by atoms with Crippen molar-refractivity contribution < 1.29 is 4.74 Å². The highest BCUT2D eigenvalue weighted by Crippen LogP contribution is 2.11. The number of nitrogens with one attached hydrogen (secondary N) is 1. The Morgan fingerprint density at radius 3 is 2.43 bits per heavy atom. The molecule has 1 heterocycles. The molecule has 0 aromatic carbocycles. The summed E-state index contributed by atoms with van der Waals surface area (Å²) in [5.74, 6) is 1.20. The van der Waals surface area contributed by atoms with Crippen molar-refractivity contribution in [2.75, 3.05) is 19.0 Å². The van der Waals surface area contributed by atoms with Crippen LogP contribution in [0.3, 0.4) is 0 Å². The lowest BCUT2D eigenvalue weighted by Crippen LogP contribution is -2.39. The molecule has 0 unspecified atom stereocenters. The van der Waals surface area contributed by atoms with Crippen LogP contribution in [-0.2, 0) is 0 Å². The van der Waals surface area contributed by atoms with Gasteiger partial charge in [0.1, 0.15) is 0 Å². The van der Waals surface area contributed by atoms with Gasteiger partial charge in [0.05, 0.1) is 19.5 Å². The molecule has 0 atom stereocenters. The summed E-state index contributed by atoms with van der Waals surface area (Å²) < 4.78 is 4.95. The summed E-state index contributed by atoms with van der Waals surface area (Å²) in [4.78, 5) is 8.16. The van der Waals surface area contributed by atoms with E-state index in [2.05, 4.69) is 15.3 Å². The number of methoxy groups -OCH3 is 1. The molecule has 1 rings (SSSR count). The fraction of sp³-hybridized carbons (Fsp3) is 0.556. The van der Waals surface area contributed by atoms with Crippen molar-refractivity contribution in [2.24, 2.45) is 5.73 Å². The summed E-state index contributed by atoms with van der Waals surface area (Å²) in [5, 5.41) is 3.12. The molecule has 0 fully saturated rings. The molecule has 0 amide bonds. The first kappa shape index (κ1) is 10.7. The van der Waals surface area contributed by atoms with Crippen LogP contribution in [0.15, 0.2) is 12.4 Å². The maximum absolute atomic E-state index is 5.57. The van der Waals surface area contributed by atoms with Gasteiger partial charge >= 0.3 is 0 Å². The lowest BCUT2D eigenvalue weighted by Gasteiger charge is -2.23. The van der Waals surface area contributed by atoms with Crippen molar-refractivity contribution in [3.63, 3.8) is 0 Å². The Morgan fingerprint density at radius 1 is 1.43 bits per heavy atom. The number of hydrogen-bond acceptors (Lipinski definition) is 5. The highest BCUT2D eigenvalue weighted by molar-refractivity contribution is 5.30. The lowest BCUT2D eigenvalue weighted by atomic mass is 10.1. The van der Waals surface area contributed by atoms with Gasteiger partial charge in [-0.1, -0.05) is 0 Å². The van der Waals surface area contributed by atoms with Gasteiger partial charge in [-0.05, 0) is 13.8 Å². The van der Waals surface area contributed by atoms with E-state index in [0.717, 1.165) is 0 Å². The zero-order valence-corrected chi connectivity index (χ0v) is 8.74. The third kappa shape index (κ3) is 2.85. The molecule has 3 N–H and O–H groups in total. The summed E-state index contributed by atoms with van der Waals surface area (Å²) in [6.45, 7) is 4.49. The van der Waals surface area contributed by atoms with Gasteiger partial charge in [-0.25, -0.2) is 9.97 Å². The van der Waals surface area contributed by atoms with E-state index < -0.39 is 0 Å². The zero-order valence-electron chi connectivity index (χ0n) is 8.74. The fourth-order valence-corrected chi connectivity index (χ4v) is 0.840. The molecule has 78 valence electrons. The molecular formula is C9H16N4O. The highest BCUT2D eigenvalue weighted by atomic mass is 16.5. The number of rotatable bonds is 4. The Bertz CT molecular complexity index is 283. The maximum Gasteiger partial charge on any atom is 0.223 e. The molecule has 0 spiro atoms. The van der Waals surface area contributed by atoms with Gasteiger partial charge in [-0.15, -0.1) is 0 Å². The number of nitrogens with zero attached hydrogens (tertiary/aromatic N) is 2. The van der Waals surface area contributed by atoms with Crippen LogP contribution >= 0.6 is 0 Å². The van der Waals surface area contributed by atoms with Crippen molar-refractivity contribution in [1.82, 2.24) is 9.97 Å². The molecule has 0 aliphatic heterocycles. The van der Waals surface area contributed by atoms with Gasteiger partial charge < -0.3 is 15.8 Å².